The van der Waals surface area contributed by atoms with Crippen LogP contribution in [0.2, 0.25) is 0 Å². The Bertz CT molecular complexity index is 325. The molecular weight excluding hydrogens is 202 g/mol. The summed E-state index contributed by atoms with van der Waals surface area (Å²) in [7, 11) is 0. The number of rotatable bonds is 3. The molecule has 0 aliphatic rings. The zero-order valence-electron chi connectivity index (χ0n) is 10.3. The molecule has 0 fully saturated rings. The molecule has 0 aliphatic carbocycles. The van der Waals surface area contributed by atoms with Crippen LogP contribution in [0.4, 0.5) is 4.79 Å². The molecule has 0 bridgehead atoms. The first kappa shape index (κ1) is 12.6. The number of ether oxygens (including phenoxy) is 1. The summed E-state index contributed by atoms with van der Waals surface area (Å²) in [4.78, 5) is 13.6. The van der Waals surface area contributed by atoms with Gasteiger partial charge in [0.1, 0.15) is 5.75 Å². The molecule has 3 heteroatoms. The van der Waals surface area contributed by atoms with E-state index in [1.165, 1.54) is 0 Å². The number of amides is 1. The normalized spacial score (nSPS) is 10.6. The van der Waals surface area contributed by atoms with E-state index < -0.39 is 0 Å². The minimum atomic E-state index is -0.295. The molecular formula is C13H19NO2. The predicted octanol–water partition coefficient (Wildman–Crippen LogP) is 3.30. The quantitative estimate of drug-likeness (QED) is 0.783. The van der Waals surface area contributed by atoms with Crippen molar-refractivity contribution >= 4 is 6.09 Å². The summed E-state index contributed by atoms with van der Waals surface area (Å²) in [6.45, 7) is 7.91. The lowest BCUT2D eigenvalue weighted by molar-refractivity contribution is 0.122. The van der Waals surface area contributed by atoms with Crippen LogP contribution in [0.25, 0.3) is 0 Å². The van der Waals surface area contributed by atoms with E-state index in [0.717, 1.165) is 0 Å². The Morgan fingerprint density at radius 3 is 2.00 bits per heavy atom. The highest BCUT2D eigenvalue weighted by Gasteiger charge is 2.21. The zero-order valence-corrected chi connectivity index (χ0v) is 10.3. The van der Waals surface area contributed by atoms with Gasteiger partial charge in [0, 0.05) is 12.1 Å². The fourth-order valence-corrected chi connectivity index (χ4v) is 1.66. The standard InChI is InChI=1S/C13H19NO2/c1-10(2)14(11(3)4)13(15)16-12-8-6-5-7-9-12/h5-11H,1-4H3. The third-order valence-electron chi connectivity index (χ3n) is 2.27. The van der Waals surface area contributed by atoms with Crippen LogP contribution < -0.4 is 4.74 Å². The average molecular weight is 221 g/mol. The number of nitrogens with zero attached hydrogens (tertiary/aromatic N) is 1. The molecule has 0 aromatic heterocycles. The molecule has 1 aromatic rings. The molecule has 1 rings (SSSR count). The number of hydrogen-bond acceptors (Lipinski definition) is 2. The second-order valence-electron chi connectivity index (χ2n) is 4.28. The lowest BCUT2D eigenvalue weighted by Gasteiger charge is -2.29. The van der Waals surface area contributed by atoms with E-state index in [1.807, 2.05) is 45.9 Å². The van der Waals surface area contributed by atoms with Gasteiger partial charge in [-0.05, 0) is 39.8 Å². The van der Waals surface area contributed by atoms with Crippen molar-refractivity contribution in [1.29, 1.82) is 0 Å². The maximum Gasteiger partial charge on any atom is 0.415 e. The summed E-state index contributed by atoms with van der Waals surface area (Å²) < 4.78 is 5.29. The highest BCUT2D eigenvalue weighted by molar-refractivity contribution is 5.71. The van der Waals surface area contributed by atoms with Crippen molar-refractivity contribution < 1.29 is 9.53 Å². The number of carbonyl (C=O) groups excluding carboxylic acids is 1. The van der Waals surface area contributed by atoms with Gasteiger partial charge in [-0.3, -0.25) is 0 Å². The molecule has 0 N–H and O–H groups in total. The molecule has 0 radical (unpaired) electrons. The van der Waals surface area contributed by atoms with E-state index in [4.69, 9.17) is 4.74 Å². The molecule has 0 aliphatic heterocycles. The van der Waals surface area contributed by atoms with Gasteiger partial charge in [0.25, 0.3) is 0 Å². The van der Waals surface area contributed by atoms with Crippen LogP contribution in [0, 0.1) is 0 Å². The Kier molecular flexibility index (Phi) is 4.35. The largest absolute Gasteiger partial charge is 0.415 e. The third kappa shape index (κ3) is 3.26. The Hall–Kier alpha value is -1.51. The predicted molar refractivity (Wildman–Crippen MR) is 64.6 cm³/mol. The van der Waals surface area contributed by atoms with Gasteiger partial charge in [0.15, 0.2) is 0 Å². The van der Waals surface area contributed by atoms with Crippen LogP contribution in [0.5, 0.6) is 5.75 Å². The molecule has 1 amide bonds. The summed E-state index contributed by atoms with van der Waals surface area (Å²) in [5.41, 5.74) is 0. The number of benzene rings is 1. The summed E-state index contributed by atoms with van der Waals surface area (Å²) in [6, 6.07) is 9.40. The number of para-hydroxylation sites is 1. The van der Waals surface area contributed by atoms with Crippen molar-refractivity contribution in [3.05, 3.63) is 30.3 Å². The van der Waals surface area contributed by atoms with Crippen LogP contribution in [0.15, 0.2) is 30.3 Å². The van der Waals surface area contributed by atoms with Crippen molar-refractivity contribution in [2.24, 2.45) is 0 Å². The zero-order chi connectivity index (χ0) is 12.1. The first-order chi connectivity index (χ1) is 7.52. The van der Waals surface area contributed by atoms with Crippen molar-refractivity contribution in [2.75, 3.05) is 0 Å². The van der Waals surface area contributed by atoms with Gasteiger partial charge in [-0.25, -0.2) is 4.79 Å². The minimum Gasteiger partial charge on any atom is -0.410 e. The van der Waals surface area contributed by atoms with Gasteiger partial charge in [0.05, 0.1) is 0 Å². The molecule has 0 saturated heterocycles. The molecule has 0 heterocycles. The van der Waals surface area contributed by atoms with Crippen LogP contribution in [-0.4, -0.2) is 23.1 Å². The molecule has 0 unspecified atom stereocenters. The van der Waals surface area contributed by atoms with E-state index in [-0.39, 0.29) is 18.2 Å². The molecule has 0 atom stereocenters. The van der Waals surface area contributed by atoms with Gasteiger partial charge < -0.3 is 9.64 Å². The summed E-state index contributed by atoms with van der Waals surface area (Å²) in [5.74, 6) is 0.582. The van der Waals surface area contributed by atoms with Gasteiger partial charge in [-0.1, -0.05) is 18.2 Å². The summed E-state index contributed by atoms with van der Waals surface area (Å²) in [5, 5.41) is 0. The fourth-order valence-electron chi connectivity index (χ4n) is 1.66. The molecule has 16 heavy (non-hydrogen) atoms. The Balaban J connectivity index is 2.70. The smallest absolute Gasteiger partial charge is 0.410 e. The number of carbonyl (C=O) groups is 1. The van der Waals surface area contributed by atoms with Crippen LogP contribution in [-0.2, 0) is 0 Å². The lowest BCUT2D eigenvalue weighted by Crippen LogP contribution is -2.43. The summed E-state index contributed by atoms with van der Waals surface area (Å²) in [6.07, 6.45) is -0.295. The maximum absolute atomic E-state index is 11.9. The molecule has 88 valence electrons. The van der Waals surface area contributed by atoms with Gasteiger partial charge >= 0.3 is 6.09 Å². The summed E-state index contributed by atoms with van der Waals surface area (Å²) >= 11 is 0. The monoisotopic (exact) mass is 221 g/mol. The lowest BCUT2D eigenvalue weighted by atomic mass is 10.2. The highest BCUT2D eigenvalue weighted by Crippen LogP contribution is 2.13. The molecule has 0 saturated carbocycles. The van der Waals surface area contributed by atoms with Crippen molar-refractivity contribution in [2.45, 2.75) is 39.8 Å². The Morgan fingerprint density at radius 1 is 1.06 bits per heavy atom. The second kappa shape index (κ2) is 5.54. The first-order valence-corrected chi connectivity index (χ1v) is 5.57. The number of hydrogen-bond donors (Lipinski definition) is 0. The van der Waals surface area contributed by atoms with Crippen LogP contribution in [0.1, 0.15) is 27.7 Å². The molecule has 1 aromatic carbocycles. The minimum absolute atomic E-state index is 0.135. The van der Waals surface area contributed by atoms with E-state index in [0.29, 0.717) is 5.75 Å². The van der Waals surface area contributed by atoms with E-state index in [2.05, 4.69) is 0 Å². The van der Waals surface area contributed by atoms with Gasteiger partial charge in [-0.15, -0.1) is 0 Å². The van der Waals surface area contributed by atoms with Crippen LogP contribution >= 0.6 is 0 Å². The fraction of sp³-hybridized carbons (Fsp3) is 0.462. The SMILES string of the molecule is CC(C)N(C(=O)Oc1ccccc1)C(C)C. The highest BCUT2D eigenvalue weighted by atomic mass is 16.6. The van der Waals surface area contributed by atoms with Crippen molar-refractivity contribution in [3.8, 4) is 5.75 Å². The first-order valence-electron chi connectivity index (χ1n) is 5.57. The van der Waals surface area contributed by atoms with Gasteiger partial charge in [0.2, 0.25) is 0 Å². The van der Waals surface area contributed by atoms with E-state index in [9.17, 15) is 4.79 Å². The molecule has 3 nitrogen and oxygen atoms in total. The van der Waals surface area contributed by atoms with E-state index in [1.54, 1.807) is 17.0 Å². The Labute approximate surface area is 97.0 Å². The van der Waals surface area contributed by atoms with E-state index >= 15 is 0 Å². The topological polar surface area (TPSA) is 29.5 Å². The van der Waals surface area contributed by atoms with Gasteiger partial charge in [-0.2, -0.15) is 0 Å². The second-order valence-corrected chi connectivity index (χ2v) is 4.28. The third-order valence-corrected chi connectivity index (χ3v) is 2.27. The van der Waals surface area contributed by atoms with Crippen LogP contribution in [0.3, 0.4) is 0 Å². The van der Waals surface area contributed by atoms with Crippen molar-refractivity contribution in [3.63, 3.8) is 0 Å². The Morgan fingerprint density at radius 2 is 1.56 bits per heavy atom. The molecule has 0 spiro atoms. The maximum atomic E-state index is 11.9. The van der Waals surface area contributed by atoms with Crippen molar-refractivity contribution in [1.82, 2.24) is 4.90 Å². The average Bonchev–Trinajstić information content (AvgIpc) is 2.17.